The predicted molar refractivity (Wildman–Crippen MR) is 98.9 cm³/mol. The van der Waals surface area contributed by atoms with Crippen LogP contribution in [0.2, 0.25) is 0 Å². The van der Waals surface area contributed by atoms with Crippen molar-refractivity contribution in [3.8, 4) is 11.5 Å². The third kappa shape index (κ3) is 3.62. The number of carbonyl (C=O) groups excluding carboxylic acids is 2. The van der Waals surface area contributed by atoms with Crippen LogP contribution in [0, 0.1) is 17.8 Å². The fraction of sp³-hybridized carbons (Fsp3) is 0.619. The van der Waals surface area contributed by atoms with Crippen molar-refractivity contribution in [2.45, 2.75) is 44.1 Å². The maximum atomic E-state index is 12.5. The van der Waals surface area contributed by atoms with Gasteiger partial charge in [-0.1, -0.05) is 0 Å². The Kier molecular flexibility index (Phi) is 4.74. The summed E-state index contributed by atoms with van der Waals surface area (Å²) in [6.07, 6.45) is 7.19. The Balaban J connectivity index is 1.35. The molecule has 0 aromatic heterocycles. The first-order valence-corrected chi connectivity index (χ1v) is 9.70. The summed E-state index contributed by atoms with van der Waals surface area (Å²) >= 11 is 0. The quantitative estimate of drug-likeness (QED) is 0.776. The molecule has 0 radical (unpaired) electrons. The van der Waals surface area contributed by atoms with Gasteiger partial charge in [0.1, 0.15) is 17.1 Å². The fourth-order valence-electron chi connectivity index (χ4n) is 5.77. The Morgan fingerprint density at radius 2 is 1.67 bits per heavy atom. The second-order valence-corrected chi connectivity index (χ2v) is 8.39. The number of amides is 1. The summed E-state index contributed by atoms with van der Waals surface area (Å²) in [6.45, 7) is -0.268. The maximum absolute atomic E-state index is 12.5. The van der Waals surface area contributed by atoms with Crippen molar-refractivity contribution in [2.24, 2.45) is 17.8 Å². The standard InChI is InChI=1S/C21H27NO5/c1-25-16-3-4-17(18(8-16)26-2)20(24)27-12-19(23)22-21-9-13-5-14(10-21)7-15(6-13)11-21/h3-4,8,13-15H,5-7,9-12H2,1-2H3,(H,22,23). The van der Waals surface area contributed by atoms with E-state index in [2.05, 4.69) is 5.32 Å². The Hall–Kier alpha value is -2.24. The van der Waals surface area contributed by atoms with Gasteiger partial charge in [0, 0.05) is 11.6 Å². The van der Waals surface area contributed by atoms with Crippen LogP contribution >= 0.6 is 0 Å². The van der Waals surface area contributed by atoms with Crippen molar-refractivity contribution >= 4 is 11.9 Å². The third-order valence-electron chi connectivity index (χ3n) is 6.41. The van der Waals surface area contributed by atoms with E-state index in [4.69, 9.17) is 14.2 Å². The first-order valence-electron chi connectivity index (χ1n) is 9.70. The van der Waals surface area contributed by atoms with E-state index < -0.39 is 5.97 Å². The van der Waals surface area contributed by atoms with Gasteiger partial charge in [0.25, 0.3) is 5.91 Å². The van der Waals surface area contributed by atoms with Gasteiger partial charge in [0.2, 0.25) is 0 Å². The van der Waals surface area contributed by atoms with Crippen LogP contribution in [0.25, 0.3) is 0 Å². The Bertz CT molecular complexity index is 709. The first kappa shape index (κ1) is 18.1. The van der Waals surface area contributed by atoms with Crippen LogP contribution in [0.4, 0.5) is 0 Å². The molecule has 0 aliphatic heterocycles. The Morgan fingerprint density at radius 3 is 2.22 bits per heavy atom. The van der Waals surface area contributed by atoms with Crippen LogP contribution in [-0.2, 0) is 9.53 Å². The second-order valence-electron chi connectivity index (χ2n) is 8.39. The molecule has 6 nitrogen and oxygen atoms in total. The topological polar surface area (TPSA) is 73.9 Å². The van der Waals surface area contributed by atoms with Crippen LogP contribution in [0.5, 0.6) is 11.5 Å². The zero-order valence-corrected chi connectivity index (χ0v) is 16.0. The summed E-state index contributed by atoms with van der Waals surface area (Å²) in [5.74, 6) is 2.42. The van der Waals surface area contributed by atoms with E-state index >= 15 is 0 Å². The molecule has 4 aliphatic rings. The Morgan fingerprint density at radius 1 is 1.04 bits per heavy atom. The van der Waals surface area contributed by atoms with E-state index in [1.165, 1.54) is 26.4 Å². The van der Waals surface area contributed by atoms with Crippen molar-refractivity contribution in [3.05, 3.63) is 23.8 Å². The first-order chi connectivity index (χ1) is 13.0. The van der Waals surface area contributed by atoms with Crippen molar-refractivity contribution in [1.82, 2.24) is 5.32 Å². The molecule has 4 saturated carbocycles. The Labute approximate surface area is 159 Å². The van der Waals surface area contributed by atoms with Crippen LogP contribution in [0.1, 0.15) is 48.9 Å². The largest absolute Gasteiger partial charge is 0.497 e. The highest BCUT2D eigenvalue weighted by Gasteiger charge is 2.51. The van der Waals surface area contributed by atoms with E-state index in [0.29, 0.717) is 11.5 Å². The van der Waals surface area contributed by atoms with Crippen molar-refractivity contribution in [2.75, 3.05) is 20.8 Å². The zero-order chi connectivity index (χ0) is 19.0. The van der Waals surface area contributed by atoms with E-state index in [0.717, 1.165) is 37.0 Å². The number of hydrogen-bond donors (Lipinski definition) is 1. The van der Waals surface area contributed by atoms with E-state index in [1.54, 1.807) is 25.3 Å². The molecule has 146 valence electrons. The average molecular weight is 373 g/mol. The summed E-state index contributed by atoms with van der Waals surface area (Å²) < 4.78 is 15.6. The molecule has 1 aromatic carbocycles. The zero-order valence-electron chi connectivity index (χ0n) is 16.0. The molecule has 1 amide bonds. The van der Waals surface area contributed by atoms with Gasteiger partial charge < -0.3 is 19.5 Å². The normalized spacial score (nSPS) is 30.7. The van der Waals surface area contributed by atoms with Crippen LogP contribution in [-0.4, -0.2) is 38.2 Å². The highest BCUT2D eigenvalue weighted by Crippen LogP contribution is 2.55. The predicted octanol–water partition coefficient (Wildman–Crippen LogP) is 2.95. The van der Waals surface area contributed by atoms with Gasteiger partial charge in [-0.25, -0.2) is 4.79 Å². The second kappa shape index (κ2) is 7.06. The number of ether oxygens (including phenoxy) is 3. The van der Waals surface area contributed by atoms with Gasteiger partial charge >= 0.3 is 5.97 Å². The van der Waals surface area contributed by atoms with Crippen molar-refractivity contribution in [3.63, 3.8) is 0 Å². The number of esters is 1. The highest BCUT2D eigenvalue weighted by molar-refractivity contribution is 5.94. The molecule has 0 unspecified atom stereocenters. The summed E-state index contributed by atoms with van der Waals surface area (Å²) in [5.41, 5.74) is 0.205. The van der Waals surface area contributed by atoms with Gasteiger partial charge in [0.05, 0.1) is 14.2 Å². The lowest BCUT2D eigenvalue weighted by atomic mass is 9.53. The van der Waals surface area contributed by atoms with Crippen LogP contribution in [0.3, 0.4) is 0 Å². The number of nitrogens with one attached hydrogen (secondary N) is 1. The molecule has 1 aromatic rings. The number of carbonyl (C=O) groups is 2. The number of rotatable bonds is 6. The summed E-state index contributed by atoms with van der Waals surface area (Å²) in [4.78, 5) is 24.8. The minimum atomic E-state index is -0.574. The number of hydrogen-bond acceptors (Lipinski definition) is 5. The van der Waals surface area contributed by atoms with E-state index in [9.17, 15) is 9.59 Å². The lowest BCUT2D eigenvalue weighted by Crippen LogP contribution is -2.60. The van der Waals surface area contributed by atoms with Crippen LogP contribution < -0.4 is 14.8 Å². The number of methoxy groups -OCH3 is 2. The molecule has 5 rings (SSSR count). The summed E-state index contributed by atoms with van der Waals surface area (Å²) in [6, 6.07) is 4.86. The number of benzene rings is 1. The molecule has 6 heteroatoms. The van der Waals surface area contributed by atoms with Gasteiger partial charge in [-0.05, 0) is 68.4 Å². The fourth-order valence-corrected chi connectivity index (χ4v) is 5.77. The lowest BCUT2D eigenvalue weighted by Gasteiger charge is -2.56. The van der Waals surface area contributed by atoms with E-state index in [1.807, 2.05) is 0 Å². The molecule has 4 aliphatic carbocycles. The molecule has 0 heterocycles. The molecule has 4 fully saturated rings. The molecule has 27 heavy (non-hydrogen) atoms. The summed E-state index contributed by atoms with van der Waals surface area (Å²) in [7, 11) is 3.02. The highest BCUT2D eigenvalue weighted by atomic mass is 16.5. The molecular weight excluding hydrogens is 346 g/mol. The molecule has 4 bridgehead atoms. The lowest BCUT2D eigenvalue weighted by molar-refractivity contribution is -0.130. The average Bonchev–Trinajstić information content (AvgIpc) is 2.64. The monoisotopic (exact) mass is 373 g/mol. The minimum Gasteiger partial charge on any atom is -0.497 e. The molecule has 0 atom stereocenters. The molecule has 0 saturated heterocycles. The van der Waals surface area contributed by atoms with E-state index in [-0.39, 0.29) is 23.6 Å². The smallest absolute Gasteiger partial charge is 0.342 e. The maximum Gasteiger partial charge on any atom is 0.342 e. The van der Waals surface area contributed by atoms with Crippen molar-refractivity contribution < 1.29 is 23.8 Å². The third-order valence-corrected chi connectivity index (χ3v) is 6.41. The molecule has 0 spiro atoms. The van der Waals surface area contributed by atoms with Gasteiger partial charge in [-0.15, -0.1) is 0 Å². The molecular formula is C21H27NO5. The van der Waals surface area contributed by atoms with Crippen LogP contribution in [0.15, 0.2) is 18.2 Å². The summed E-state index contributed by atoms with van der Waals surface area (Å²) in [5, 5.41) is 3.21. The van der Waals surface area contributed by atoms with Gasteiger partial charge in [0.15, 0.2) is 6.61 Å². The van der Waals surface area contributed by atoms with Gasteiger partial charge in [-0.2, -0.15) is 0 Å². The minimum absolute atomic E-state index is 0.0734. The SMILES string of the molecule is COc1ccc(C(=O)OCC(=O)NC23CC4CC(CC(C4)C2)C3)c(OC)c1. The molecule has 1 N–H and O–H groups in total. The van der Waals surface area contributed by atoms with Crippen molar-refractivity contribution in [1.29, 1.82) is 0 Å². The van der Waals surface area contributed by atoms with Gasteiger partial charge in [-0.3, -0.25) is 4.79 Å².